The molecule has 0 saturated heterocycles. The first-order chi connectivity index (χ1) is 18.2. The fraction of sp³-hybridized carbons (Fsp3) is 0.286. The van der Waals surface area contributed by atoms with E-state index in [-0.39, 0.29) is 23.0 Å². The Morgan fingerprint density at radius 1 is 0.947 bits per heavy atom. The molecule has 202 valence electrons. The maximum Gasteiger partial charge on any atom is 0.264 e. The van der Waals surface area contributed by atoms with Gasteiger partial charge in [-0.05, 0) is 67.4 Å². The highest BCUT2D eigenvalue weighted by atomic mass is 32.2. The van der Waals surface area contributed by atoms with Crippen LogP contribution in [-0.4, -0.2) is 51.4 Å². The van der Waals surface area contributed by atoms with Crippen LogP contribution in [0.5, 0.6) is 5.75 Å². The number of ether oxygens (including phenoxy) is 1. The van der Waals surface area contributed by atoms with Gasteiger partial charge in [0.1, 0.15) is 24.2 Å². The van der Waals surface area contributed by atoms with E-state index in [2.05, 4.69) is 5.32 Å². The molecule has 0 unspecified atom stereocenters. The van der Waals surface area contributed by atoms with Crippen molar-refractivity contribution < 1.29 is 27.1 Å². The van der Waals surface area contributed by atoms with Crippen LogP contribution in [-0.2, 0) is 26.2 Å². The highest BCUT2D eigenvalue weighted by molar-refractivity contribution is 7.92. The SMILES string of the molecule is CCNC(=O)[C@H](CC)N(Cc1ccccc1)C(=O)CN(c1ccc(F)cc1)S(=O)(=O)c1ccc(OC)cc1. The van der Waals surface area contributed by atoms with Gasteiger partial charge in [-0.2, -0.15) is 0 Å². The lowest BCUT2D eigenvalue weighted by Crippen LogP contribution is -2.52. The fourth-order valence-electron chi connectivity index (χ4n) is 4.00. The molecule has 3 aromatic rings. The molecule has 1 atom stereocenters. The number of halogens is 1. The van der Waals surface area contributed by atoms with Crippen molar-refractivity contribution in [1.82, 2.24) is 10.2 Å². The Balaban J connectivity index is 2.04. The summed E-state index contributed by atoms with van der Waals surface area (Å²) >= 11 is 0. The molecule has 0 saturated carbocycles. The summed E-state index contributed by atoms with van der Waals surface area (Å²) in [6.45, 7) is 3.47. The van der Waals surface area contributed by atoms with Gasteiger partial charge >= 0.3 is 0 Å². The normalized spacial score (nSPS) is 11.9. The van der Waals surface area contributed by atoms with Crippen molar-refractivity contribution >= 4 is 27.5 Å². The van der Waals surface area contributed by atoms with Crippen molar-refractivity contribution in [3.05, 3.63) is 90.2 Å². The number of hydrogen-bond donors (Lipinski definition) is 1. The van der Waals surface area contributed by atoms with Gasteiger partial charge in [-0.3, -0.25) is 13.9 Å². The van der Waals surface area contributed by atoms with E-state index < -0.39 is 34.3 Å². The van der Waals surface area contributed by atoms with Crippen molar-refractivity contribution in [2.24, 2.45) is 0 Å². The third kappa shape index (κ3) is 6.89. The maximum absolute atomic E-state index is 13.8. The van der Waals surface area contributed by atoms with Crippen LogP contribution in [0.25, 0.3) is 0 Å². The minimum atomic E-state index is -4.25. The van der Waals surface area contributed by atoms with Crippen molar-refractivity contribution in [3.8, 4) is 5.75 Å². The number of rotatable bonds is 12. The van der Waals surface area contributed by atoms with E-state index in [1.165, 1.54) is 48.4 Å². The summed E-state index contributed by atoms with van der Waals surface area (Å²) in [5, 5.41) is 2.76. The molecule has 0 spiro atoms. The van der Waals surface area contributed by atoms with Crippen molar-refractivity contribution in [3.63, 3.8) is 0 Å². The first-order valence-electron chi connectivity index (χ1n) is 12.2. The van der Waals surface area contributed by atoms with Gasteiger partial charge in [0.2, 0.25) is 11.8 Å². The number of likely N-dealkylation sites (N-methyl/N-ethyl adjacent to an activating group) is 1. The summed E-state index contributed by atoms with van der Waals surface area (Å²) in [4.78, 5) is 28.0. The number of sulfonamides is 1. The number of nitrogens with one attached hydrogen (secondary N) is 1. The predicted octanol–water partition coefficient (Wildman–Crippen LogP) is 3.97. The average Bonchev–Trinajstić information content (AvgIpc) is 2.92. The topological polar surface area (TPSA) is 96.0 Å². The van der Waals surface area contributed by atoms with E-state index in [9.17, 15) is 22.4 Å². The number of hydrogen-bond acceptors (Lipinski definition) is 5. The number of methoxy groups -OCH3 is 1. The minimum Gasteiger partial charge on any atom is -0.497 e. The summed E-state index contributed by atoms with van der Waals surface area (Å²) in [5.41, 5.74) is 0.899. The molecule has 0 aliphatic heterocycles. The molecule has 2 amide bonds. The molecule has 38 heavy (non-hydrogen) atoms. The fourth-order valence-corrected chi connectivity index (χ4v) is 5.42. The molecule has 0 aliphatic carbocycles. The van der Waals surface area contributed by atoms with Gasteiger partial charge in [-0.15, -0.1) is 0 Å². The summed E-state index contributed by atoms with van der Waals surface area (Å²) in [6, 6.07) is 18.9. The molecule has 0 heterocycles. The summed E-state index contributed by atoms with van der Waals surface area (Å²) in [6.07, 6.45) is 0.326. The van der Waals surface area contributed by atoms with Crippen LogP contribution in [0.2, 0.25) is 0 Å². The molecule has 0 aliphatic rings. The lowest BCUT2D eigenvalue weighted by atomic mass is 10.1. The number of benzene rings is 3. The van der Waals surface area contributed by atoms with Crippen LogP contribution in [0.1, 0.15) is 25.8 Å². The zero-order chi connectivity index (χ0) is 27.7. The maximum atomic E-state index is 13.8. The molecular weight excluding hydrogens is 509 g/mol. The van der Waals surface area contributed by atoms with Gasteiger partial charge in [-0.25, -0.2) is 12.8 Å². The molecule has 0 aromatic heterocycles. The van der Waals surface area contributed by atoms with Crippen LogP contribution in [0.4, 0.5) is 10.1 Å². The number of nitrogens with zero attached hydrogens (tertiary/aromatic N) is 2. The number of carbonyl (C=O) groups is 2. The average molecular weight is 542 g/mol. The van der Waals surface area contributed by atoms with Crippen molar-refractivity contribution in [2.45, 2.75) is 37.8 Å². The van der Waals surface area contributed by atoms with E-state index in [4.69, 9.17) is 4.74 Å². The van der Waals surface area contributed by atoms with Gasteiger partial charge in [-0.1, -0.05) is 37.3 Å². The van der Waals surface area contributed by atoms with Gasteiger partial charge < -0.3 is 15.0 Å². The van der Waals surface area contributed by atoms with E-state index >= 15 is 0 Å². The van der Waals surface area contributed by atoms with Gasteiger partial charge in [0, 0.05) is 13.1 Å². The molecule has 1 N–H and O–H groups in total. The summed E-state index contributed by atoms with van der Waals surface area (Å²) in [5.74, 6) is -0.982. The van der Waals surface area contributed by atoms with Gasteiger partial charge in [0.25, 0.3) is 10.0 Å². The molecule has 0 radical (unpaired) electrons. The Labute approximate surface area is 223 Å². The largest absolute Gasteiger partial charge is 0.497 e. The second kappa shape index (κ2) is 13.0. The van der Waals surface area contributed by atoms with Crippen molar-refractivity contribution in [2.75, 3.05) is 24.5 Å². The molecule has 10 heteroatoms. The van der Waals surface area contributed by atoms with Crippen LogP contribution < -0.4 is 14.4 Å². The predicted molar refractivity (Wildman–Crippen MR) is 144 cm³/mol. The minimum absolute atomic E-state index is 0.0687. The Bertz CT molecular complexity index is 1320. The molecule has 0 fully saturated rings. The number of anilines is 1. The molecule has 0 bridgehead atoms. The van der Waals surface area contributed by atoms with Crippen LogP contribution in [0, 0.1) is 5.82 Å². The lowest BCUT2D eigenvalue weighted by molar-refractivity contribution is -0.140. The Morgan fingerprint density at radius 2 is 1.58 bits per heavy atom. The summed E-state index contributed by atoms with van der Waals surface area (Å²) < 4.78 is 47.3. The van der Waals surface area contributed by atoms with Crippen LogP contribution >= 0.6 is 0 Å². The van der Waals surface area contributed by atoms with E-state index in [1.807, 2.05) is 30.3 Å². The first-order valence-corrected chi connectivity index (χ1v) is 13.7. The number of amides is 2. The Hall–Kier alpha value is -3.92. The Kier molecular flexibility index (Phi) is 9.84. The van der Waals surface area contributed by atoms with Crippen LogP contribution in [0.15, 0.2) is 83.8 Å². The van der Waals surface area contributed by atoms with Crippen LogP contribution in [0.3, 0.4) is 0 Å². The van der Waals surface area contributed by atoms with Gasteiger partial charge in [0.05, 0.1) is 17.7 Å². The standard InChI is InChI=1S/C28H32FN3O5S/c1-4-26(28(34)30-5-2)31(19-21-9-7-6-8-10-21)27(33)20-32(23-13-11-22(29)12-14-23)38(35,36)25-17-15-24(37-3)16-18-25/h6-18,26H,4-5,19-20H2,1-3H3,(H,30,34)/t26-/m0/s1. The zero-order valence-electron chi connectivity index (χ0n) is 21.6. The second-order valence-electron chi connectivity index (χ2n) is 8.49. The second-order valence-corrected chi connectivity index (χ2v) is 10.4. The van der Waals surface area contributed by atoms with E-state index in [0.29, 0.717) is 18.7 Å². The molecular formula is C28H32FN3O5S. The van der Waals surface area contributed by atoms with E-state index in [1.54, 1.807) is 13.8 Å². The third-order valence-corrected chi connectivity index (χ3v) is 7.76. The third-order valence-electron chi connectivity index (χ3n) is 5.97. The monoisotopic (exact) mass is 541 g/mol. The molecule has 8 nitrogen and oxygen atoms in total. The molecule has 3 aromatic carbocycles. The van der Waals surface area contributed by atoms with Gasteiger partial charge in [0.15, 0.2) is 0 Å². The Morgan fingerprint density at radius 3 is 2.13 bits per heavy atom. The van der Waals surface area contributed by atoms with E-state index in [0.717, 1.165) is 22.0 Å². The smallest absolute Gasteiger partial charge is 0.264 e. The number of carbonyl (C=O) groups excluding carboxylic acids is 2. The highest BCUT2D eigenvalue weighted by Crippen LogP contribution is 2.26. The zero-order valence-corrected chi connectivity index (χ0v) is 22.4. The first kappa shape index (κ1) is 28.6. The lowest BCUT2D eigenvalue weighted by Gasteiger charge is -2.33. The quantitative estimate of drug-likeness (QED) is 0.374. The highest BCUT2D eigenvalue weighted by Gasteiger charge is 2.33. The van der Waals surface area contributed by atoms with Crippen molar-refractivity contribution in [1.29, 1.82) is 0 Å². The molecule has 3 rings (SSSR count). The summed E-state index contributed by atoms with van der Waals surface area (Å²) in [7, 11) is -2.78.